The van der Waals surface area contributed by atoms with E-state index in [0.717, 1.165) is 15.6 Å². The minimum absolute atomic E-state index is 0.0447. The Labute approximate surface area is 125 Å². The number of carbonyl (C=O) groups is 1. The van der Waals surface area contributed by atoms with Crippen LogP contribution in [-0.4, -0.2) is 11.1 Å². The van der Waals surface area contributed by atoms with Crippen molar-refractivity contribution in [1.82, 2.24) is 0 Å². The Kier molecular flexibility index (Phi) is 3.99. The molecule has 104 valence electrons. The van der Waals surface area contributed by atoms with Crippen LogP contribution >= 0.6 is 15.9 Å². The molecular formula is C15H14BrNO3. The molecule has 2 aromatic rings. The van der Waals surface area contributed by atoms with E-state index in [4.69, 9.17) is 10.5 Å². The number of nitrogen functional groups attached to an aromatic ring is 1. The number of hydrogen-bond acceptors (Lipinski definition) is 3. The summed E-state index contributed by atoms with van der Waals surface area (Å²) in [5, 5.41) is 9.18. The molecule has 20 heavy (non-hydrogen) atoms. The molecule has 3 N–H and O–H groups in total. The highest BCUT2D eigenvalue weighted by molar-refractivity contribution is 9.10. The summed E-state index contributed by atoms with van der Waals surface area (Å²) in [6, 6.07) is 8.25. The fourth-order valence-electron chi connectivity index (χ4n) is 1.90. The Morgan fingerprint density at radius 3 is 2.35 bits per heavy atom. The van der Waals surface area contributed by atoms with Crippen LogP contribution in [0.5, 0.6) is 11.5 Å². The highest BCUT2D eigenvalue weighted by Gasteiger charge is 2.13. The fourth-order valence-corrected chi connectivity index (χ4v) is 2.12. The molecule has 0 amide bonds. The van der Waals surface area contributed by atoms with Crippen LogP contribution in [0.15, 0.2) is 34.8 Å². The second-order valence-electron chi connectivity index (χ2n) is 4.53. The third-order valence-electron chi connectivity index (χ3n) is 2.87. The zero-order valence-electron chi connectivity index (χ0n) is 11.1. The molecule has 0 saturated heterocycles. The van der Waals surface area contributed by atoms with Crippen molar-refractivity contribution in [3.63, 3.8) is 0 Å². The van der Waals surface area contributed by atoms with Crippen molar-refractivity contribution < 1.29 is 14.6 Å². The summed E-state index contributed by atoms with van der Waals surface area (Å²) in [5.74, 6) is -0.207. The lowest BCUT2D eigenvalue weighted by atomic mass is 10.1. The quantitative estimate of drug-likeness (QED) is 0.827. The minimum atomic E-state index is -1.07. The molecule has 0 radical (unpaired) electrons. The maximum absolute atomic E-state index is 11.2. The van der Waals surface area contributed by atoms with Crippen molar-refractivity contribution in [2.45, 2.75) is 13.8 Å². The monoisotopic (exact) mass is 335 g/mol. The number of anilines is 1. The van der Waals surface area contributed by atoms with E-state index in [9.17, 15) is 9.90 Å². The lowest BCUT2D eigenvalue weighted by molar-refractivity contribution is 0.0694. The maximum Gasteiger partial charge on any atom is 0.339 e. The summed E-state index contributed by atoms with van der Waals surface area (Å²) in [4.78, 5) is 11.2. The fraction of sp³-hybridized carbons (Fsp3) is 0.133. The topological polar surface area (TPSA) is 72.5 Å². The van der Waals surface area contributed by atoms with Crippen molar-refractivity contribution in [2.75, 3.05) is 5.73 Å². The minimum Gasteiger partial charge on any atom is -0.478 e. The number of hydrogen-bond donors (Lipinski definition) is 2. The van der Waals surface area contributed by atoms with Crippen LogP contribution in [-0.2, 0) is 0 Å². The maximum atomic E-state index is 11.2. The highest BCUT2D eigenvalue weighted by atomic mass is 79.9. The Morgan fingerprint density at radius 2 is 1.80 bits per heavy atom. The third kappa shape index (κ3) is 2.93. The van der Waals surface area contributed by atoms with Gasteiger partial charge in [0.05, 0.1) is 0 Å². The average molecular weight is 336 g/mol. The molecule has 0 fully saturated rings. The first-order valence-corrected chi connectivity index (χ1v) is 6.75. The Bertz CT molecular complexity index is 660. The zero-order valence-corrected chi connectivity index (χ0v) is 12.7. The summed E-state index contributed by atoms with van der Waals surface area (Å²) in [6.07, 6.45) is 0. The van der Waals surface area contributed by atoms with Gasteiger partial charge in [0.2, 0.25) is 0 Å². The predicted octanol–water partition coefficient (Wildman–Crippen LogP) is 4.14. The third-order valence-corrected chi connectivity index (χ3v) is 4.12. The van der Waals surface area contributed by atoms with E-state index in [1.807, 2.05) is 26.0 Å². The molecule has 0 aromatic heterocycles. The molecule has 0 saturated carbocycles. The molecule has 0 aliphatic carbocycles. The van der Waals surface area contributed by atoms with Crippen LogP contribution in [0.3, 0.4) is 0 Å². The first-order valence-electron chi connectivity index (χ1n) is 5.96. The van der Waals surface area contributed by atoms with Crippen molar-refractivity contribution in [2.24, 2.45) is 0 Å². The molecular weight excluding hydrogens is 322 g/mol. The number of carboxylic acids is 1. The van der Waals surface area contributed by atoms with E-state index < -0.39 is 5.97 Å². The molecule has 0 aliphatic rings. The first kappa shape index (κ1) is 14.4. The van der Waals surface area contributed by atoms with Crippen LogP contribution < -0.4 is 10.5 Å². The van der Waals surface area contributed by atoms with Gasteiger partial charge in [-0.1, -0.05) is 15.9 Å². The van der Waals surface area contributed by atoms with Crippen molar-refractivity contribution >= 4 is 27.6 Å². The average Bonchev–Trinajstić information content (AvgIpc) is 2.37. The second kappa shape index (κ2) is 5.54. The van der Waals surface area contributed by atoms with Crippen LogP contribution in [0.2, 0.25) is 0 Å². The molecule has 4 nitrogen and oxygen atoms in total. The summed E-state index contributed by atoms with van der Waals surface area (Å²) in [7, 11) is 0. The predicted molar refractivity (Wildman–Crippen MR) is 81.5 cm³/mol. The van der Waals surface area contributed by atoms with E-state index in [0.29, 0.717) is 11.4 Å². The molecule has 2 aromatic carbocycles. The molecule has 5 heteroatoms. The molecule has 0 aliphatic heterocycles. The molecule has 2 rings (SSSR count). The lowest BCUT2D eigenvalue weighted by Gasteiger charge is -2.12. The molecule has 0 heterocycles. The van der Waals surface area contributed by atoms with Crippen molar-refractivity contribution in [3.05, 3.63) is 51.5 Å². The van der Waals surface area contributed by atoms with Gasteiger partial charge in [-0.05, 0) is 55.3 Å². The van der Waals surface area contributed by atoms with Crippen molar-refractivity contribution in [3.8, 4) is 11.5 Å². The van der Waals surface area contributed by atoms with E-state index in [1.54, 1.807) is 12.1 Å². The SMILES string of the molecule is Cc1cc(Oc2ccc(N)cc2C(=O)O)cc(C)c1Br. The van der Waals surface area contributed by atoms with Gasteiger partial charge in [-0.15, -0.1) is 0 Å². The van der Waals surface area contributed by atoms with Gasteiger partial charge in [-0.3, -0.25) is 0 Å². The van der Waals surface area contributed by atoms with Gasteiger partial charge in [-0.2, -0.15) is 0 Å². The Morgan fingerprint density at radius 1 is 1.20 bits per heavy atom. The number of aromatic carboxylic acids is 1. The van der Waals surface area contributed by atoms with E-state index in [-0.39, 0.29) is 11.3 Å². The smallest absolute Gasteiger partial charge is 0.339 e. The van der Waals surface area contributed by atoms with Gasteiger partial charge in [0.25, 0.3) is 0 Å². The molecule has 0 bridgehead atoms. The normalized spacial score (nSPS) is 10.3. The summed E-state index contributed by atoms with van der Waals surface area (Å²) < 4.78 is 6.70. The number of ether oxygens (including phenoxy) is 1. The zero-order chi connectivity index (χ0) is 14.9. The summed E-state index contributed by atoms with van der Waals surface area (Å²) >= 11 is 3.48. The highest BCUT2D eigenvalue weighted by Crippen LogP contribution is 2.31. The number of halogens is 1. The number of rotatable bonds is 3. The second-order valence-corrected chi connectivity index (χ2v) is 5.33. The Hall–Kier alpha value is -2.01. The van der Waals surface area contributed by atoms with Gasteiger partial charge in [0.1, 0.15) is 17.1 Å². The van der Waals surface area contributed by atoms with Gasteiger partial charge < -0.3 is 15.6 Å². The van der Waals surface area contributed by atoms with Crippen LogP contribution in [0.1, 0.15) is 21.5 Å². The van der Waals surface area contributed by atoms with Gasteiger partial charge >= 0.3 is 5.97 Å². The summed E-state index contributed by atoms with van der Waals surface area (Å²) in [6.45, 7) is 3.90. The van der Waals surface area contributed by atoms with Crippen LogP contribution in [0.4, 0.5) is 5.69 Å². The first-order chi connectivity index (χ1) is 9.38. The molecule has 0 atom stereocenters. The van der Waals surface area contributed by atoms with Gasteiger partial charge in [-0.25, -0.2) is 4.79 Å². The summed E-state index contributed by atoms with van der Waals surface area (Å²) in [5.41, 5.74) is 8.07. The number of benzene rings is 2. The van der Waals surface area contributed by atoms with Crippen molar-refractivity contribution in [1.29, 1.82) is 0 Å². The van der Waals surface area contributed by atoms with E-state index in [2.05, 4.69) is 15.9 Å². The molecule has 0 unspecified atom stereocenters. The molecule has 0 spiro atoms. The van der Waals surface area contributed by atoms with Crippen LogP contribution in [0.25, 0.3) is 0 Å². The van der Waals surface area contributed by atoms with E-state index >= 15 is 0 Å². The van der Waals surface area contributed by atoms with E-state index in [1.165, 1.54) is 6.07 Å². The number of nitrogens with two attached hydrogens (primary N) is 1. The lowest BCUT2D eigenvalue weighted by Crippen LogP contribution is -2.01. The van der Waals surface area contributed by atoms with Gasteiger partial charge in [0.15, 0.2) is 0 Å². The standard InChI is InChI=1S/C15H14BrNO3/c1-8-5-11(6-9(2)14(8)16)20-13-4-3-10(17)7-12(13)15(18)19/h3-7H,17H2,1-2H3,(H,18,19). The number of carboxylic acid groups (broad SMARTS) is 1. The van der Waals surface area contributed by atoms with Crippen LogP contribution in [0, 0.1) is 13.8 Å². The Balaban J connectivity index is 2.42. The number of aryl methyl sites for hydroxylation is 2. The largest absolute Gasteiger partial charge is 0.478 e. The van der Waals surface area contributed by atoms with Gasteiger partial charge in [0, 0.05) is 10.2 Å².